The number of likely N-dealkylation sites (tertiary alicyclic amines) is 1. The first-order valence-corrected chi connectivity index (χ1v) is 15.1. The number of methoxy groups -OCH3 is 2. The van der Waals surface area contributed by atoms with Gasteiger partial charge in [0, 0.05) is 57.4 Å². The van der Waals surface area contributed by atoms with Gasteiger partial charge in [0.15, 0.2) is 6.10 Å². The molecule has 0 unspecified atom stereocenters. The first-order chi connectivity index (χ1) is 21.3. The molecule has 0 radical (unpaired) electrons. The summed E-state index contributed by atoms with van der Waals surface area (Å²) in [5.74, 6) is -2.42. The van der Waals surface area contributed by atoms with Crippen LogP contribution >= 0.6 is 0 Å². The first-order valence-electron chi connectivity index (χ1n) is 15.1. The molecule has 1 saturated heterocycles. The maximum Gasteiger partial charge on any atom is 0.405 e. The molecule has 0 saturated carbocycles. The summed E-state index contributed by atoms with van der Waals surface area (Å²) >= 11 is 0. The summed E-state index contributed by atoms with van der Waals surface area (Å²) < 4.78 is 22.7. The van der Waals surface area contributed by atoms with Gasteiger partial charge in [-0.15, -0.1) is 0 Å². The van der Waals surface area contributed by atoms with Crippen LogP contribution in [-0.2, 0) is 38.1 Å². The van der Waals surface area contributed by atoms with E-state index in [9.17, 15) is 24.0 Å². The van der Waals surface area contributed by atoms with Crippen LogP contribution in [-0.4, -0.2) is 86.2 Å². The highest BCUT2D eigenvalue weighted by Gasteiger charge is 2.37. The van der Waals surface area contributed by atoms with Crippen LogP contribution in [0.1, 0.15) is 53.9 Å². The quantitative estimate of drug-likeness (QED) is 0.263. The number of nitrogens with one attached hydrogen (secondary N) is 1. The van der Waals surface area contributed by atoms with Crippen molar-refractivity contribution in [2.45, 2.75) is 78.3 Å². The third-order valence-electron chi connectivity index (χ3n) is 8.20. The number of fused-ring (bicyclic) bond motifs is 2. The molecule has 45 heavy (non-hydrogen) atoms. The molecule has 3 aliphatic rings. The van der Waals surface area contributed by atoms with Gasteiger partial charge >= 0.3 is 12.1 Å². The molecule has 1 fully saturated rings. The number of Topliss-reactive ketones (excluding diaryl/α,β-unsaturated/α-hetero) is 1. The van der Waals surface area contributed by atoms with Crippen molar-refractivity contribution in [2.24, 2.45) is 17.6 Å². The lowest BCUT2D eigenvalue weighted by atomic mass is 9.84. The number of carbonyl (C=O) groups is 5. The van der Waals surface area contributed by atoms with Gasteiger partial charge in [0.1, 0.15) is 12.2 Å². The highest BCUT2D eigenvalue weighted by molar-refractivity contribution is 6.23. The van der Waals surface area contributed by atoms with E-state index in [1.165, 1.54) is 33.3 Å². The van der Waals surface area contributed by atoms with Gasteiger partial charge in [0.25, 0.3) is 5.91 Å². The van der Waals surface area contributed by atoms with E-state index in [4.69, 9.17) is 24.7 Å². The SMILES string of the molecule is CO[C@H]1C[C@H](C)CC2=C(N3CCC3)C(=O)C=C(NC(=O)/C(C)=C/C=C\[C@@H](OC)[C@@H](OC(N)=O)/C(C)=C/[C@H](C)[C@@H]1OC(C)=O)C2=O. The summed E-state index contributed by atoms with van der Waals surface area (Å²) in [6.45, 7) is 9.73. The topological polar surface area (TPSA) is 164 Å². The normalized spacial score (nSPS) is 31.8. The number of hydrogen-bond donors (Lipinski definition) is 2. The molecule has 2 amide bonds. The summed E-state index contributed by atoms with van der Waals surface area (Å²) in [5.41, 5.74) is 6.84. The van der Waals surface area contributed by atoms with E-state index in [1.54, 1.807) is 26.0 Å². The van der Waals surface area contributed by atoms with E-state index in [0.717, 1.165) is 6.42 Å². The number of ketones is 2. The Morgan fingerprint density at radius 2 is 1.73 bits per heavy atom. The highest BCUT2D eigenvalue weighted by atomic mass is 16.6. The minimum Gasteiger partial charge on any atom is -0.459 e. The zero-order valence-electron chi connectivity index (χ0n) is 27.1. The standard InChI is InChI=1S/C33H45N3O9/c1-18-14-23-28(36-12-9-13-36)25(38)17-24(29(23)39)35-32(40)19(2)10-8-11-26(42-6)30(45-33(34)41)20(3)16-21(4)31(44-22(5)37)27(15-18)43-7/h8,10-11,16-18,21,26-27,30-31H,9,12-15H2,1-7H3,(H2,34,41)(H,35,40)/b11-8-,19-10+,20-16+/t18-,21+,26-,27+,30+,31+/m1/s1. The molecule has 0 aromatic rings. The van der Waals surface area contributed by atoms with E-state index < -0.39 is 54.1 Å². The van der Waals surface area contributed by atoms with E-state index in [1.807, 2.05) is 24.8 Å². The monoisotopic (exact) mass is 627 g/mol. The van der Waals surface area contributed by atoms with Crippen molar-refractivity contribution in [3.05, 3.63) is 58.5 Å². The van der Waals surface area contributed by atoms with E-state index in [-0.39, 0.29) is 29.4 Å². The molecule has 246 valence electrons. The molecule has 2 heterocycles. The fourth-order valence-corrected chi connectivity index (χ4v) is 5.82. The van der Waals surface area contributed by atoms with Crippen molar-refractivity contribution in [3.63, 3.8) is 0 Å². The molecule has 12 nitrogen and oxygen atoms in total. The summed E-state index contributed by atoms with van der Waals surface area (Å²) in [4.78, 5) is 66.2. The van der Waals surface area contributed by atoms with Crippen LogP contribution in [0, 0.1) is 11.8 Å². The fourth-order valence-electron chi connectivity index (χ4n) is 5.82. The molecule has 0 spiro atoms. The highest BCUT2D eigenvalue weighted by Crippen LogP contribution is 2.32. The number of rotatable bonds is 5. The Balaban J connectivity index is 2.13. The van der Waals surface area contributed by atoms with Crippen molar-refractivity contribution in [1.29, 1.82) is 0 Å². The fraction of sp³-hybridized carbons (Fsp3) is 0.545. The Kier molecular flexibility index (Phi) is 12.5. The van der Waals surface area contributed by atoms with E-state index in [0.29, 0.717) is 36.4 Å². The van der Waals surface area contributed by atoms with Crippen LogP contribution in [0.5, 0.6) is 0 Å². The van der Waals surface area contributed by atoms with Crippen molar-refractivity contribution >= 4 is 29.5 Å². The molecule has 1 aliphatic carbocycles. The number of amides is 2. The van der Waals surface area contributed by atoms with Crippen LogP contribution in [0.4, 0.5) is 4.79 Å². The van der Waals surface area contributed by atoms with Crippen molar-refractivity contribution in [3.8, 4) is 0 Å². The molecule has 3 rings (SSSR count). The molecule has 2 aliphatic heterocycles. The number of carbonyl (C=O) groups excluding carboxylic acids is 5. The second-order valence-corrected chi connectivity index (χ2v) is 11.8. The second-order valence-electron chi connectivity index (χ2n) is 11.8. The number of ether oxygens (including phenoxy) is 4. The van der Waals surface area contributed by atoms with E-state index >= 15 is 0 Å². The maximum atomic E-state index is 13.8. The largest absolute Gasteiger partial charge is 0.459 e. The van der Waals surface area contributed by atoms with Gasteiger partial charge in [-0.25, -0.2) is 4.79 Å². The van der Waals surface area contributed by atoms with Gasteiger partial charge in [0.05, 0.1) is 17.5 Å². The third-order valence-corrected chi connectivity index (χ3v) is 8.20. The van der Waals surface area contributed by atoms with Crippen LogP contribution in [0.3, 0.4) is 0 Å². The minimum absolute atomic E-state index is 0.0923. The number of nitrogens with two attached hydrogens (primary N) is 1. The molecule has 6 atom stereocenters. The second kappa shape index (κ2) is 15.8. The molecule has 3 N–H and O–H groups in total. The van der Waals surface area contributed by atoms with Gasteiger partial charge in [0.2, 0.25) is 11.6 Å². The summed E-state index contributed by atoms with van der Waals surface area (Å²) in [5, 5.41) is 2.61. The third kappa shape index (κ3) is 9.01. The number of esters is 1. The van der Waals surface area contributed by atoms with Crippen LogP contribution in [0.2, 0.25) is 0 Å². The number of allylic oxidation sites excluding steroid dienone is 4. The summed E-state index contributed by atoms with van der Waals surface area (Å²) in [6.07, 6.45) is 5.11. The Bertz CT molecular complexity index is 1340. The van der Waals surface area contributed by atoms with E-state index in [2.05, 4.69) is 5.32 Å². The van der Waals surface area contributed by atoms with Crippen molar-refractivity contribution in [2.75, 3.05) is 27.3 Å². The molecule has 0 aromatic heterocycles. The Labute approximate surface area is 264 Å². The molecular formula is C33H45N3O9. The van der Waals surface area contributed by atoms with Crippen molar-refractivity contribution in [1.82, 2.24) is 10.2 Å². The van der Waals surface area contributed by atoms with Gasteiger partial charge in [-0.2, -0.15) is 0 Å². The average molecular weight is 628 g/mol. The average Bonchev–Trinajstić information content (AvgIpc) is 2.94. The maximum absolute atomic E-state index is 13.8. The smallest absolute Gasteiger partial charge is 0.405 e. The summed E-state index contributed by atoms with van der Waals surface area (Å²) in [7, 11) is 2.95. The van der Waals surface area contributed by atoms with Crippen LogP contribution in [0.25, 0.3) is 0 Å². The van der Waals surface area contributed by atoms with Gasteiger partial charge in [-0.05, 0) is 44.6 Å². The Morgan fingerprint density at radius 1 is 1.04 bits per heavy atom. The van der Waals surface area contributed by atoms with Gasteiger partial charge in [-0.1, -0.05) is 38.2 Å². The molecule has 0 aromatic carbocycles. The predicted octanol–water partition coefficient (Wildman–Crippen LogP) is 3.04. The number of primary amides is 1. The lowest BCUT2D eigenvalue weighted by Gasteiger charge is -2.37. The predicted molar refractivity (Wildman–Crippen MR) is 165 cm³/mol. The molecule has 12 heteroatoms. The summed E-state index contributed by atoms with van der Waals surface area (Å²) in [6, 6.07) is 0. The first kappa shape index (κ1) is 35.4. The lowest BCUT2D eigenvalue weighted by molar-refractivity contribution is -0.157. The molecular weight excluding hydrogens is 582 g/mol. The number of nitrogens with zero attached hydrogens (tertiary/aromatic N) is 1. The zero-order chi connectivity index (χ0) is 33.4. The molecule has 2 bridgehead atoms. The zero-order valence-corrected chi connectivity index (χ0v) is 27.1. The van der Waals surface area contributed by atoms with Crippen molar-refractivity contribution < 1.29 is 42.9 Å². The van der Waals surface area contributed by atoms with Crippen LogP contribution < -0.4 is 11.1 Å². The van der Waals surface area contributed by atoms with Gasteiger partial charge < -0.3 is 34.9 Å². The van der Waals surface area contributed by atoms with Crippen LogP contribution in [0.15, 0.2) is 58.5 Å². The lowest BCUT2D eigenvalue weighted by Crippen LogP contribution is -2.43. The Hall–Kier alpha value is -4.03. The minimum atomic E-state index is -1.01. The number of hydrogen-bond acceptors (Lipinski definition) is 10. The van der Waals surface area contributed by atoms with Gasteiger partial charge in [-0.3, -0.25) is 19.2 Å². The Morgan fingerprint density at radius 3 is 2.29 bits per heavy atom.